The van der Waals surface area contributed by atoms with Gasteiger partial charge in [-0.2, -0.15) is 5.10 Å². The highest BCUT2D eigenvalue weighted by Crippen LogP contribution is 2.47. The van der Waals surface area contributed by atoms with Crippen LogP contribution in [0.15, 0.2) is 46.0 Å². The van der Waals surface area contributed by atoms with E-state index in [1.54, 1.807) is 19.1 Å². The number of amides is 1. The molecular weight excluding hydrogens is 666 g/mol. The van der Waals surface area contributed by atoms with Crippen molar-refractivity contribution in [1.29, 1.82) is 0 Å². The Labute approximate surface area is 284 Å². The Morgan fingerprint density at radius 1 is 1.08 bits per heavy atom. The average molecular weight is 698 g/mol. The molecule has 1 aliphatic heterocycles. The maximum Gasteiger partial charge on any atom is 0.346 e. The zero-order chi connectivity index (χ0) is 34.4. The molecule has 48 heavy (non-hydrogen) atoms. The van der Waals surface area contributed by atoms with Crippen LogP contribution in [0.4, 0.5) is 10.1 Å². The number of nitrogens with zero attached hydrogens (tertiary/aromatic N) is 5. The fourth-order valence-electron chi connectivity index (χ4n) is 6.26. The van der Waals surface area contributed by atoms with Crippen molar-refractivity contribution in [1.82, 2.24) is 24.2 Å². The third kappa shape index (κ3) is 5.75. The van der Waals surface area contributed by atoms with E-state index in [0.717, 1.165) is 33.2 Å². The number of fused-ring (bicyclic) bond motifs is 1. The molecule has 1 N–H and O–H groups in total. The molecule has 1 amide bonds. The number of nitrogens with one attached hydrogen (secondary N) is 1. The number of likely N-dealkylation sites (tertiary alicyclic amines) is 1. The monoisotopic (exact) mass is 696 g/mol. The smallest absolute Gasteiger partial charge is 0.346 e. The number of anilines is 1. The Balaban J connectivity index is 1.32. The third-order valence-electron chi connectivity index (χ3n) is 8.71. The van der Waals surface area contributed by atoms with E-state index in [2.05, 4.69) is 15.3 Å². The van der Waals surface area contributed by atoms with Gasteiger partial charge in [-0.15, -0.1) is 0 Å². The minimum atomic E-state index is -0.909. The molecule has 3 heterocycles. The van der Waals surface area contributed by atoms with Crippen molar-refractivity contribution in [3.8, 4) is 28.3 Å². The Morgan fingerprint density at radius 2 is 1.83 bits per heavy atom. The number of hydrogen-bond acceptors (Lipinski definition) is 9. The van der Waals surface area contributed by atoms with E-state index in [4.69, 9.17) is 37.7 Å². The van der Waals surface area contributed by atoms with Gasteiger partial charge in [-0.25, -0.2) is 18.9 Å². The number of aromatic nitrogens is 4. The highest BCUT2D eigenvalue weighted by Gasteiger charge is 2.42. The first-order valence-electron chi connectivity index (χ1n) is 15.2. The van der Waals surface area contributed by atoms with Crippen LogP contribution < -0.4 is 21.3 Å². The summed E-state index contributed by atoms with van der Waals surface area (Å²) in [4.78, 5) is 56.7. The molecule has 12 nitrogen and oxygen atoms in total. The molecule has 6 rings (SSSR count). The van der Waals surface area contributed by atoms with E-state index in [0.29, 0.717) is 36.8 Å². The Bertz CT molecular complexity index is 2090. The summed E-state index contributed by atoms with van der Waals surface area (Å²) >= 11 is 13.6. The first-order chi connectivity index (χ1) is 22.9. The molecule has 1 fully saturated rings. The van der Waals surface area contributed by atoms with Gasteiger partial charge < -0.3 is 14.8 Å². The largest absolute Gasteiger partial charge is 0.481 e. The highest BCUT2D eigenvalue weighted by atomic mass is 35.5. The summed E-state index contributed by atoms with van der Waals surface area (Å²) in [6.45, 7) is 3.33. The zero-order valence-electron chi connectivity index (χ0n) is 26.5. The molecule has 2 aromatic carbocycles. The van der Waals surface area contributed by atoms with Gasteiger partial charge in [0.25, 0.3) is 11.5 Å². The van der Waals surface area contributed by atoms with Crippen LogP contribution in [0.2, 0.25) is 10.0 Å². The molecule has 250 valence electrons. The summed E-state index contributed by atoms with van der Waals surface area (Å²) in [5.41, 5.74) is 1.00. The second-order valence-electron chi connectivity index (χ2n) is 11.6. The molecule has 0 radical (unpaired) electrons. The molecule has 0 bridgehead atoms. The van der Waals surface area contributed by atoms with Gasteiger partial charge in [-0.05, 0) is 49.6 Å². The number of methoxy groups -OCH3 is 1. The average Bonchev–Trinajstić information content (AvgIpc) is 3.46. The second-order valence-corrected chi connectivity index (χ2v) is 12.3. The van der Waals surface area contributed by atoms with Gasteiger partial charge in [-0.1, -0.05) is 35.3 Å². The van der Waals surface area contributed by atoms with Crippen molar-refractivity contribution in [2.75, 3.05) is 32.1 Å². The fourth-order valence-corrected chi connectivity index (χ4v) is 6.88. The van der Waals surface area contributed by atoms with Crippen molar-refractivity contribution in [2.45, 2.75) is 25.8 Å². The molecule has 0 spiro atoms. The highest BCUT2D eigenvalue weighted by molar-refractivity contribution is 6.39. The van der Waals surface area contributed by atoms with Crippen molar-refractivity contribution >= 4 is 40.8 Å². The lowest BCUT2D eigenvalue weighted by Gasteiger charge is -2.42. The quantitative estimate of drug-likeness (QED) is 0.266. The first kappa shape index (κ1) is 33.3. The van der Waals surface area contributed by atoms with Crippen LogP contribution in [0.1, 0.15) is 41.0 Å². The van der Waals surface area contributed by atoms with Gasteiger partial charge in [0, 0.05) is 55.5 Å². The topological polar surface area (TPSA) is 138 Å². The van der Waals surface area contributed by atoms with E-state index in [-0.39, 0.29) is 44.8 Å². The van der Waals surface area contributed by atoms with E-state index in [1.165, 1.54) is 39.4 Å². The summed E-state index contributed by atoms with van der Waals surface area (Å²) in [7, 11) is 4.08. The van der Waals surface area contributed by atoms with Crippen LogP contribution in [0.5, 0.6) is 5.88 Å². The van der Waals surface area contributed by atoms with Crippen molar-refractivity contribution in [2.24, 2.45) is 20.0 Å². The Morgan fingerprint density at radius 3 is 2.54 bits per heavy atom. The predicted octanol–water partition coefficient (Wildman–Crippen LogP) is 4.40. The number of pyridine rings is 1. The molecule has 0 saturated carbocycles. The number of hydrogen-bond donors (Lipinski definition) is 1. The van der Waals surface area contributed by atoms with Crippen LogP contribution in [0, 0.1) is 11.7 Å². The van der Waals surface area contributed by atoms with Gasteiger partial charge in [-0.3, -0.25) is 23.9 Å². The van der Waals surface area contributed by atoms with Gasteiger partial charge in [0.2, 0.25) is 11.6 Å². The number of benzene rings is 2. The Kier molecular flexibility index (Phi) is 9.12. The number of rotatable bonds is 8. The van der Waals surface area contributed by atoms with Crippen molar-refractivity contribution in [3.05, 3.63) is 89.9 Å². The molecule has 1 saturated heterocycles. The predicted molar refractivity (Wildman–Crippen MR) is 177 cm³/mol. The molecule has 1 unspecified atom stereocenters. The Hall–Kier alpha value is -4.59. The van der Waals surface area contributed by atoms with Gasteiger partial charge in [0.15, 0.2) is 0 Å². The van der Waals surface area contributed by atoms with Crippen molar-refractivity contribution in [3.63, 3.8) is 0 Å². The summed E-state index contributed by atoms with van der Waals surface area (Å²) in [5, 5.41) is 6.32. The summed E-state index contributed by atoms with van der Waals surface area (Å²) in [6, 6.07) is 9.31. The maximum atomic E-state index is 15.5. The number of carbonyl (C=O) groups excluding carboxylic acids is 2. The number of ether oxygens (including phenoxy) is 2. The summed E-state index contributed by atoms with van der Waals surface area (Å²) < 4.78 is 28.1. The van der Waals surface area contributed by atoms with Gasteiger partial charge >= 0.3 is 11.7 Å². The number of halogens is 3. The van der Waals surface area contributed by atoms with Gasteiger partial charge in [0.05, 0.1) is 41.1 Å². The lowest BCUT2D eigenvalue weighted by atomic mass is 9.95. The fraction of sp³-hybridized carbons (Fsp3) is 0.333. The van der Waals surface area contributed by atoms with Crippen LogP contribution in [0.25, 0.3) is 22.4 Å². The number of carbonyl (C=O) groups is 2. The van der Waals surface area contributed by atoms with Crippen LogP contribution in [0.3, 0.4) is 0 Å². The minimum Gasteiger partial charge on any atom is -0.481 e. The molecule has 2 aromatic heterocycles. The number of aryl methyl sites for hydroxylation is 2. The van der Waals surface area contributed by atoms with Crippen molar-refractivity contribution < 1.29 is 23.5 Å². The summed E-state index contributed by atoms with van der Waals surface area (Å²) in [5.74, 6) is -1.49. The lowest BCUT2D eigenvalue weighted by molar-refractivity contribution is -0.155. The number of esters is 1. The van der Waals surface area contributed by atoms with E-state index >= 15 is 4.39 Å². The third-order valence-corrected chi connectivity index (χ3v) is 9.51. The minimum absolute atomic E-state index is 0.0175. The standard InChI is InChI=1S/C33H31Cl2FN6O6/c1-5-48-32(45)17-14-42(15-17)23-12-9-16-13-22(38-30(47-4)24(16)23)18-10-11-20(36)25(27(18)35)19-7-6-8-21(26(19)34)37-29(43)28-31(44)40(2)33(46)41(3)39-28/h6-8,10-11,13,17,23H,5,9,12,14-15H2,1-4H3,(H,37,43). The molecule has 4 aromatic rings. The maximum absolute atomic E-state index is 15.5. The molecular formula is C33H31Cl2FN6O6. The van der Waals surface area contributed by atoms with Crippen LogP contribution in [-0.2, 0) is 30.0 Å². The van der Waals surface area contributed by atoms with E-state index in [1.807, 2.05) is 6.07 Å². The van der Waals surface area contributed by atoms with Crippen LogP contribution in [-0.4, -0.2) is 62.9 Å². The van der Waals surface area contributed by atoms with E-state index < -0.39 is 28.7 Å². The molecule has 1 atom stereocenters. The second kappa shape index (κ2) is 13.1. The summed E-state index contributed by atoms with van der Waals surface area (Å²) in [6.07, 6.45) is 1.57. The SMILES string of the molecule is CCOC(=O)C1CN(C2CCc3cc(-c4ccc(F)c(-c5cccc(NC(=O)c6nn(C)c(=O)n(C)c6=O)c5Cl)c4Cl)nc(OC)c32)C1. The molecule has 15 heteroatoms. The van der Waals surface area contributed by atoms with E-state index in [9.17, 15) is 19.2 Å². The first-order valence-corrected chi connectivity index (χ1v) is 15.9. The molecule has 2 aliphatic rings. The van der Waals surface area contributed by atoms with Gasteiger partial charge in [0.1, 0.15) is 5.82 Å². The molecule has 1 aliphatic carbocycles. The lowest BCUT2D eigenvalue weighted by Crippen LogP contribution is -2.51. The zero-order valence-corrected chi connectivity index (χ0v) is 28.0. The normalized spacial score (nSPS) is 15.9. The van der Waals surface area contributed by atoms with Crippen LogP contribution >= 0.6 is 23.2 Å².